The maximum absolute atomic E-state index is 5.68. The standard InChI is InChI=1S/C10H15NS/c1-7-4-5-12-10(7)9-3-2-8(9)6-11/h4-5,8-9H,2-3,6,11H2,1H3. The van der Waals surface area contributed by atoms with Gasteiger partial charge in [0.15, 0.2) is 0 Å². The van der Waals surface area contributed by atoms with Crippen LogP contribution in [0, 0.1) is 12.8 Å². The van der Waals surface area contributed by atoms with E-state index in [-0.39, 0.29) is 0 Å². The van der Waals surface area contributed by atoms with E-state index in [1.807, 2.05) is 11.3 Å². The smallest absolute Gasteiger partial charge is 0.0109 e. The second kappa shape index (κ2) is 3.19. The van der Waals surface area contributed by atoms with Crippen LogP contribution < -0.4 is 5.73 Å². The van der Waals surface area contributed by atoms with E-state index in [9.17, 15) is 0 Å². The van der Waals surface area contributed by atoms with E-state index >= 15 is 0 Å². The molecule has 1 fully saturated rings. The lowest BCUT2D eigenvalue weighted by Gasteiger charge is -2.35. The van der Waals surface area contributed by atoms with E-state index in [0.717, 1.165) is 18.4 Å². The van der Waals surface area contributed by atoms with Gasteiger partial charge in [-0.05, 0) is 55.2 Å². The van der Waals surface area contributed by atoms with E-state index in [4.69, 9.17) is 5.73 Å². The lowest BCUT2D eigenvalue weighted by molar-refractivity contribution is 0.266. The number of hydrogen-bond donors (Lipinski definition) is 1. The van der Waals surface area contributed by atoms with Gasteiger partial charge >= 0.3 is 0 Å². The van der Waals surface area contributed by atoms with Gasteiger partial charge in [-0.3, -0.25) is 0 Å². The molecule has 0 spiro atoms. The minimum atomic E-state index is 0.766. The zero-order valence-corrected chi connectivity index (χ0v) is 8.23. The summed E-state index contributed by atoms with van der Waals surface area (Å²) in [6, 6.07) is 2.21. The van der Waals surface area contributed by atoms with E-state index in [0.29, 0.717) is 0 Å². The second-order valence-electron chi connectivity index (χ2n) is 3.65. The topological polar surface area (TPSA) is 26.0 Å². The average Bonchev–Trinajstić information content (AvgIpc) is 2.36. The zero-order valence-electron chi connectivity index (χ0n) is 7.42. The van der Waals surface area contributed by atoms with Gasteiger partial charge in [-0.15, -0.1) is 11.3 Å². The Morgan fingerprint density at radius 3 is 2.83 bits per heavy atom. The van der Waals surface area contributed by atoms with Crippen molar-refractivity contribution in [1.29, 1.82) is 0 Å². The SMILES string of the molecule is Cc1ccsc1C1CCC1CN. The third kappa shape index (κ3) is 1.19. The fraction of sp³-hybridized carbons (Fsp3) is 0.600. The molecule has 2 rings (SSSR count). The van der Waals surface area contributed by atoms with Gasteiger partial charge in [-0.2, -0.15) is 0 Å². The minimum Gasteiger partial charge on any atom is -0.330 e. The molecule has 1 aliphatic carbocycles. The Labute approximate surface area is 77.6 Å². The second-order valence-corrected chi connectivity index (χ2v) is 4.60. The summed E-state index contributed by atoms with van der Waals surface area (Å²) < 4.78 is 0. The fourth-order valence-electron chi connectivity index (χ4n) is 1.96. The highest BCUT2D eigenvalue weighted by Crippen LogP contribution is 2.44. The molecule has 0 saturated heterocycles. The molecule has 1 aromatic rings. The molecule has 1 aliphatic rings. The molecule has 1 aromatic heterocycles. The van der Waals surface area contributed by atoms with Crippen LogP contribution >= 0.6 is 11.3 Å². The molecule has 0 aromatic carbocycles. The Hall–Kier alpha value is -0.340. The molecule has 1 nitrogen and oxygen atoms in total. The first-order valence-electron chi connectivity index (χ1n) is 4.57. The first-order chi connectivity index (χ1) is 5.83. The Morgan fingerprint density at radius 1 is 1.58 bits per heavy atom. The van der Waals surface area contributed by atoms with E-state index in [2.05, 4.69) is 18.4 Å². The number of aryl methyl sites for hydroxylation is 1. The van der Waals surface area contributed by atoms with Crippen LogP contribution in [0.25, 0.3) is 0 Å². The molecular formula is C10H15NS. The summed E-state index contributed by atoms with van der Waals surface area (Å²) in [5.41, 5.74) is 7.15. The Morgan fingerprint density at radius 2 is 2.42 bits per heavy atom. The Kier molecular flexibility index (Phi) is 2.20. The van der Waals surface area contributed by atoms with Crippen LogP contribution in [0.1, 0.15) is 29.2 Å². The van der Waals surface area contributed by atoms with Crippen molar-refractivity contribution in [2.24, 2.45) is 11.7 Å². The summed E-state index contributed by atoms with van der Waals surface area (Å²) in [5.74, 6) is 1.55. The van der Waals surface area contributed by atoms with Crippen molar-refractivity contribution < 1.29 is 0 Å². The van der Waals surface area contributed by atoms with Crippen LogP contribution in [0.15, 0.2) is 11.4 Å². The molecule has 2 unspecified atom stereocenters. The predicted molar refractivity (Wildman–Crippen MR) is 53.6 cm³/mol. The highest BCUT2D eigenvalue weighted by Gasteiger charge is 2.32. The van der Waals surface area contributed by atoms with Gasteiger partial charge in [0.2, 0.25) is 0 Å². The van der Waals surface area contributed by atoms with Crippen LogP contribution in [0.4, 0.5) is 0 Å². The van der Waals surface area contributed by atoms with Gasteiger partial charge in [-0.1, -0.05) is 0 Å². The normalized spacial score (nSPS) is 28.5. The number of thiophene rings is 1. The lowest BCUT2D eigenvalue weighted by Crippen LogP contribution is -2.30. The summed E-state index contributed by atoms with van der Waals surface area (Å²) >= 11 is 1.90. The molecule has 0 aliphatic heterocycles. The van der Waals surface area contributed by atoms with Crippen LogP contribution in [-0.2, 0) is 0 Å². The van der Waals surface area contributed by atoms with Crippen molar-refractivity contribution in [3.8, 4) is 0 Å². The first-order valence-corrected chi connectivity index (χ1v) is 5.45. The van der Waals surface area contributed by atoms with Gasteiger partial charge in [0.05, 0.1) is 0 Å². The third-order valence-corrected chi connectivity index (χ3v) is 4.11. The number of rotatable bonds is 2. The van der Waals surface area contributed by atoms with Crippen molar-refractivity contribution in [3.05, 3.63) is 21.9 Å². The predicted octanol–water partition coefficient (Wildman–Crippen LogP) is 2.51. The van der Waals surface area contributed by atoms with E-state index in [1.54, 1.807) is 4.88 Å². The highest BCUT2D eigenvalue weighted by atomic mass is 32.1. The molecule has 2 heteroatoms. The summed E-state index contributed by atoms with van der Waals surface area (Å²) in [4.78, 5) is 1.58. The summed E-state index contributed by atoms with van der Waals surface area (Å²) in [7, 11) is 0. The lowest BCUT2D eigenvalue weighted by atomic mass is 9.72. The molecule has 2 N–H and O–H groups in total. The van der Waals surface area contributed by atoms with Crippen molar-refractivity contribution in [2.45, 2.75) is 25.7 Å². The quantitative estimate of drug-likeness (QED) is 0.745. The maximum Gasteiger partial charge on any atom is 0.0109 e. The molecule has 12 heavy (non-hydrogen) atoms. The molecule has 0 bridgehead atoms. The molecule has 0 amide bonds. The van der Waals surface area contributed by atoms with Gasteiger partial charge in [-0.25, -0.2) is 0 Å². The van der Waals surface area contributed by atoms with Crippen molar-refractivity contribution in [1.82, 2.24) is 0 Å². The van der Waals surface area contributed by atoms with Crippen LogP contribution in [0.5, 0.6) is 0 Å². The minimum absolute atomic E-state index is 0.766. The summed E-state index contributed by atoms with van der Waals surface area (Å²) in [6.07, 6.45) is 2.68. The fourth-order valence-corrected chi connectivity index (χ4v) is 3.12. The molecule has 2 atom stereocenters. The van der Waals surface area contributed by atoms with Crippen molar-refractivity contribution >= 4 is 11.3 Å². The van der Waals surface area contributed by atoms with Gasteiger partial charge in [0.1, 0.15) is 0 Å². The van der Waals surface area contributed by atoms with E-state index in [1.165, 1.54) is 18.4 Å². The highest BCUT2D eigenvalue weighted by molar-refractivity contribution is 7.10. The summed E-state index contributed by atoms with van der Waals surface area (Å²) in [6.45, 7) is 3.07. The maximum atomic E-state index is 5.68. The van der Waals surface area contributed by atoms with E-state index < -0.39 is 0 Å². The molecular weight excluding hydrogens is 166 g/mol. The largest absolute Gasteiger partial charge is 0.330 e. The van der Waals surface area contributed by atoms with Gasteiger partial charge in [0, 0.05) is 4.88 Å². The van der Waals surface area contributed by atoms with Crippen LogP contribution in [0.3, 0.4) is 0 Å². The van der Waals surface area contributed by atoms with Crippen LogP contribution in [0.2, 0.25) is 0 Å². The Balaban J connectivity index is 2.15. The van der Waals surface area contributed by atoms with Gasteiger partial charge < -0.3 is 5.73 Å². The Bertz CT molecular complexity index is 265. The molecule has 1 heterocycles. The van der Waals surface area contributed by atoms with Crippen LogP contribution in [-0.4, -0.2) is 6.54 Å². The van der Waals surface area contributed by atoms with Crippen molar-refractivity contribution in [3.63, 3.8) is 0 Å². The third-order valence-electron chi connectivity index (χ3n) is 2.96. The molecule has 0 radical (unpaired) electrons. The zero-order chi connectivity index (χ0) is 8.55. The van der Waals surface area contributed by atoms with Gasteiger partial charge in [0.25, 0.3) is 0 Å². The first kappa shape index (κ1) is 8.27. The average molecular weight is 181 g/mol. The number of nitrogens with two attached hydrogens (primary N) is 1. The number of hydrogen-bond acceptors (Lipinski definition) is 2. The van der Waals surface area contributed by atoms with Crippen molar-refractivity contribution in [2.75, 3.05) is 6.54 Å². The monoisotopic (exact) mass is 181 g/mol. The molecule has 1 saturated carbocycles. The molecule has 66 valence electrons. The summed E-state index contributed by atoms with van der Waals surface area (Å²) in [5, 5.41) is 2.19.